The average Bonchev–Trinajstić information content (AvgIpc) is 3.01. The van der Waals surface area contributed by atoms with Gasteiger partial charge in [-0.15, -0.1) is 0 Å². The lowest BCUT2D eigenvalue weighted by molar-refractivity contribution is -0.120. The van der Waals surface area contributed by atoms with Crippen LogP contribution in [0.3, 0.4) is 0 Å². The molecule has 1 amide bonds. The van der Waals surface area contributed by atoms with Crippen LogP contribution in [0, 0.1) is 5.92 Å². The zero-order valence-electron chi connectivity index (χ0n) is 16.2. The van der Waals surface area contributed by atoms with Gasteiger partial charge in [0.1, 0.15) is 0 Å². The highest BCUT2D eigenvalue weighted by Gasteiger charge is 2.33. The standard InChI is InChI=1S/C20H20ClN3O5S/c1-23-17-8-7-16(11-18(17)29-20(23)26)30(27,28)24-9-3-4-13(12-24)19(25)22-15-6-2-5-14(21)10-15/h2,5-8,10-11,13H,3-4,9,12H2,1H3,(H,22,25). The van der Waals surface area contributed by atoms with Gasteiger partial charge in [0.25, 0.3) is 0 Å². The first-order chi connectivity index (χ1) is 14.3. The lowest BCUT2D eigenvalue weighted by Crippen LogP contribution is -2.43. The molecule has 4 rings (SSSR count). The Morgan fingerprint density at radius 3 is 2.80 bits per heavy atom. The minimum atomic E-state index is -3.84. The number of anilines is 1. The van der Waals surface area contributed by atoms with Crippen molar-refractivity contribution in [2.24, 2.45) is 13.0 Å². The fraction of sp³-hybridized carbons (Fsp3) is 0.300. The summed E-state index contributed by atoms with van der Waals surface area (Å²) in [5.41, 5.74) is 1.28. The minimum Gasteiger partial charge on any atom is -0.408 e. The number of nitrogens with zero attached hydrogens (tertiary/aromatic N) is 2. The van der Waals surface area contributed by atoms with Gasteiger partial charge in [-0.2, -0.15) is 4.31 Å². The van der Waals surface area contributed by atoms with Crippen LogP contribution in [0.15, 0.2) is 56.6 Å². The highest BCUT2D eigenvalue weighted by atomic mass is 35.5. The van der Waals surface area contributed by atoms with E-state index in [1.54, 1.807) is 37.4 Å². The molecule has 0 aliphatic carbocycles. The van der Waals surface area contributed by atoms with E-state index in [-0.39, 0.29) is 22.9 Å². The molecule has 1 saturated heterocycles. The van der Waals surface area contributed by atoms with Crippen molar-refractivity contribution >= 4 is 44.3 Å². The Bertz CT molecular complexity index is 1280. The summed E-state index contributed by atoms with van der Waals surface area (Å²) in [6.45, 7) is 0.394. The van der Waals surface area contributed by atoms with Crippen molar-refractivity contribution < 1.29 is 17.6 Å². The van der Waals surface area contributed by atoms with Gasteiger partial charge in [-0.3, -0.25) is 9.36 Å². The fourth-order valence-corrected chi connectivity index (χ4v) is 5.34. The molecule has 0 radical (unpaired) electrons. The maximum atomic E-state index is 13.1. The monoisotopic (exact) mass is 449 g/mol. The van der Waals surface area contributed by atoms with Crippen LogP contribution < -0.4 is 11.1 Å². The summed E-state index contributed by atoms with van der Waals surface area (Å²) in [6.07, 6.45) is 1.15. The molecule has 10 heteroatoms. The molecule has 30 heavy (non-hydrogen) atoms. The fourth-order valence-electron chi connectivity index (χ4n) is 3.61. The molecular formula is C20H20ClN3O5S. The summed E-state index contributed by atoms with van der Waals surface area (Å²) in [5.74, 6) is -1.29. The smallest absolute Gasteiger partial charge is 0.408 e. The summed E-state index contributed by atoms with van der Waals surface area (Å²) in [5, 5.41) is 3.30. The van der Waals surface area contributed by atoms with Crippen LogP contribution >= 0.6 is 11.6 Å². The van der Waals surface area contributed by atoms with Crippen molar-refractivity contribution in [1.82, 2.24) is 8.87 Å². The molecule has 158 valence electrons. The number of carbonyl (C=O) groups excluding carboxylic acids is 1. The Balaban J connectivity index is 1.54. The Labute approximate surface area is 178 Å². The molecule has 1 fully saturated rings. The molecule has 1 N–H and O–H groups in total. The Hall–Kier alpha value is -2.62. The summed E-state index contributed by atoms with van der Waals surface area (Å²) < 4.78 is 34.0. The number of piperidine rings is 1. The van der Waals surface area contributed by atoms with Crippen LogP contribution in [0.4, 0.5) is 5.69 Å². The molecule has 1 aliphatic rings. The van der Waals surface area contributed by atoms with Gasteiger partial charge in [0.15, 0.2) is 5.58 Å². The Morgan fingerprint density at radius 2 is 2.03 bits per heavy atom. The number of hydrogen-bond acceptors (Lipinski definition) is 5. The van der Waals surface area contributed by atoms with E-state index >= 15 is 0 Å². The van der Waals surface area contributed by atoms with Crippen LogP contribution in [0.5, 0.6) is 0 Å². The largest absolute Gasteiger partial charge is 0.419 e. The third-order valence-corrected chi connectivity index (χ3v) is 7.34. The predicted molar refractivity (Wildman–Crippen MR) is 113 cm³/mol. The first-order valence-electron chi connectivity index (χ1n) is 9.42. The van der Waals surface area contributed by atoms with Crippen LogP contribution in [-0.4, -0.2) is 36.3 Å². The molecule has 1 aromatic heterocycles. The van der Waals surface area contributed by atoms with E-state index in [9.17, 15) is 18.0 Å². The number of hydrogen-bond donors (Lipinski definition) is 1. The van der Waals surface area contributed by atoms with E-state index in [2.05, 4.69) is 5.32 Å². The molecule has 8 nitrogen and oxygen atoms in total. The van der Waals surface area contributed by atoms with Crippen molar-refractivity contribution in [3.05, 3.63) is 58.0 Å². The second-order valence-corrected chi connectivity index (χ2v) is 9.63. The third-order valence-electron chi connectivity index (χ3n) is 5.25. The van der Waals surface area contributed by atoms with E-state index in [1.165, 1.54) is 21.0 Å². The van der Waals surface area contributed by atoms with Gasteiger partial charge in [-0.05, 0) is 43.2 Å². The normalized spacial score (nSPS) is 17.9. The molecular weight excluding hydrogens is 430 g/mol. The number of halogens is 1. The molecule has 1 aliphatic heterocycles. The molecule has 1 atom stereocenters. The van der Waals surface area contributed by atoms with Gasteiger partial charge < -0.3 is 9.73 Å². The number of sulfonamides is 1. The lowest BCUT2D eigenvalue weighted by atomic mass is 9.99. The molecule has 2 aromatic carbocycles. The zero-order valence-corrected chi connectivity index (χ0v) is 17.7. The molecule has 3 aromatic rings. The molecule has 1 unspecified atom stereocenters. The summed E-state index contributed by atoms with van der Waals surface area (Å²) in [4.78, 5) is 24.4. The highest BCUT2D eigenvalue weighted by molar-refractivity contribution is 7.89. The number of aromatic nitrogens is 1. The topological polar surface area (TPSA) is 102 Å². The molecule has 0 bridgehead atoms. The van der Waals surface area contributed by atoms with Gasteiger partial charge in [0.2, 0.25) is 15.9 Å². The highest BCUT2D eigenvalue weighted by Crippen LogP contribution is 2.27. The van der Waals surface area contributed by atoms with Crippen molar-refractivity contribution in [1.29, 1.82) is 0 Å². The Morgan fingerprint density at radius 1 is 1.23 bits per heavy atom. The second-order valence-electron chi connectivity index (χ2n) is 7.26. The van der Waals surface area contributed by atoms with Crippen LogP contribution in [0.1, 0.15) is 12.8 Å². The third kappa shape index (κ3) is 3.88. The van der Waals surface area contributed by atoms with E-state index in [0.717, 1.165) is 0 Å². The molecule has 2 heterocycles. The lowest BCUT2D eigenvalue weighted by Gasteiger charge is -2.31. The maximum absolute atomic E-state index is 13.1. The van der Waals surface area contributed by atoms with Gasteiger partial charge >= 0.3 is 5.76 Å². The number of fused-ring (bicyclic) bond motifs is 1. The number of oxazole rings is 1. The number of rotatable bonds is 4. The second kappa shape index (κ2) is 7.90. The predicted octanol–water partition coefficient (Wildman–Crippen LogP) is 2.82. The number of amides is 1. The summed E-state index contributed by atoms with van der Waals surface area (Å²) in [7, 11) is -2.29. The van der Waals surface area contributed by atoms with E-state index in [1.807, 2.05) is 0 Å². The van der Waals surface area contributed by atoms with Gasteiger partial charge in [0.05, 0.1) is 16.3 Å². The van der Waals surface area contributed by atoms with Crippen molar-refractivity contribution in [3.63, 3.8) is 0 Å². The summed E-state index contributed by atoms with van der Waals surface area (Å²) >= 11 is 5.95. The zero-order chi connectivity index (χ0) is 21.5. The first kappa shape index (κ1) is 20.6. The molecule has 0 saturated carbocycles. The van der Waals surface area contributed by atoms with Crippen LogP contribution in [-0.2, 0) is 21.9 Å². The molecule has 0 spiro atoms. The minimum absolute atomic E-state index is 0.0280. The number of nitrogens with one attached hydrogen (secondary N) is 1. The van der Waals surface area contributed by atoms with Crippen molar-refractivity contribution in [2.75, 3.05) is 18.4 Å². The first-order valence-corrected chi connectivity index (χ1v) is 11.2. The maximum Gasteiger partial charge on any atom is 0.419 e. The number of carbonyl (C=O) groups is 1. The van der Waals surface area contributed by atoms with Crippen LogP contribution in [0.25, 0.3) is 11.1 Å². The van der Waals surface area contributed by atoms with E-state index in [0.29, 0.717) is 35.6 Å². The quantitative estimate of drug-likeness (QED) is 0.659. The van der Waals surface area contributed by atoms with Gasteiger partial charge in [-0.1, -0.05) is 17.7 Å². The van der Waals surface area contributed by atoms with Crippen LogP contribution in [0.2, 0.25) is 5.02 Å². The van der Waals surface area contributed by atoms with E-state index in [4.69, 9.17) is 16.0 Å². The Kier molecular flexibility index (Phi) is 5.44. The van der Waals surface area contributed by atoms with Gasteiger partial charge in [0, 0.05) is 36.9 Å². The number of aryl methyl sites for hydroxylation is 1. The number of benzene rings is 2. The summed E-state index contributed by atoms with van der Waals surface area (Å²) in [6, 6.07) is 11.1. The van der Waals surface area contributed by atoms with Gasteiger partial charge in [-0.25, -0.2) is 13.2 Å². The SMILES string of the molecule is Cn1c(=O)oc2cc(S(=O)(=O)N3CCCC(C(=O)Nc4cccc(Cl)c4)C3)ccc21. The van der Waals surface area contributed by atoms with Crippen molar-refractivity contribution in [3.8, 4) is 0 Å². The van der Waals surface area contributed by atoms with E-state index < -0.39 is 21.7 Å². The average molecular weight is 450 g/mol. The van der Waals surface area contributed by atoms with Crippen molar-refractivity contribution in [2.45, 2.75) is 17.7 Å².